The van der Waals surface area contributed by atoms with Gasteiger partial charge in [-0.1, -0.05) is 24.6 Å². The molecule has 1 fully saturated rings. The molecule has 0 aromatic carbocycles. The molecule has 1 heterocycles. The third-order valence-electron chi connectivity index (χ3n) is 3.73. The van der Waals surface area contributed by atoms with Crippen LogP contribution in [0.5, 0.6) is 0 Å². The Kier molecular flexibility index (Phi) is 5.58. The first-order valence-electron chi connectivity index (χ1n) is 7.41. The monoisotopic (exact) mass is 313 g/mol. The highest BCUT2D eigenvalue weighted by Crippen LogP contribution is 2.31. The lowest BCUT2D eigenvalue weighted by Crippen LogP contribution is -2.46. The molecule has 1 saturated carbocycles. The van der Waals surface area contributed by atoms with Crippen LogP contribution in [-0.2, 0) is 9.53 Å². The number of carbonyl (C=O) groups excluding carboxylic acids is 1. The van der Waals surface area contributed by atoms with Gasteiger partial charge in [0.2, 0.25) is 5.16 Å². The summed E-state index contributed by atoms with van der Waals surface area (Å²) in [6, 6.07) is 0.414. The second-order valence-electron chi connectivity index (χ2n) is 5.58. The molecular weight excluding hydrogens is 290 g/mol. The van der Waals surface area contributed by atoms with Gasteiger partial charge in [0.05, 0.1) is 12.6 Å². The zero-order chi connectivity index (χ0) is 15.3. The molecule has 8 heteroatoms. The summed E-state index contributed by atoms with van der Waals surface area (Å²) in [7, 11) is 0. The molecule has 21 heavy (non-hydrogen) atoms. The van der Waals surface area contributed by atoms with Crippen molar-refractivity contribution in [1.29, 1.82) is 0 Å². The van der Waals surface area contributed by atoms with E-state index < -0.39 is 5.54 Å². The summed E-state index contributed by atoms with van der Waals surface area (Å²) in [4.78, 5) is 11.7. The second kappa shape index (κ2) is 7.22. The smallest absolute Gasteiger partial charge is 0.325 e. The first-order chi connectivity index (χ1) is 10.0. The Labute approximate surface area is 129 Å². The van der Waals surface area contributed by atoms with Crippen LogP contribution in [0, 0.1) is 0 Å². The van der Waals surface area contributed by atoms with E-state index in [-0.39, 0.29) is 5.97 Å². The fourth-order valence-corrected chi connectivity index (χ4v) is 3.53. The zero-order valence-corrected chi connectivity index (χ0v) is 13.4. The molecule has 0 radical (unpaired) electrons. The van der Waals surface area contributed by atoms with Crippen LogP contribution in [0.1, 0.15) is 52.0 Å². The Hall–Kier alpha value is -1.15. The number of esters is 1. The Morgan fingerprint density at radius 3 is 2.90 bits per heavy atom. The number of rotatable bonds is 7. The zero-order valence-electron chi connectivity index (χ0n) is 12.6. The minimum atomic E-state index is -0.964. The number of thioether (sulfide) groups is 1. The molecule has 0 bridgehead atoms. The van der Waals surface area contributed by atoms with Gasteiger partial charge >= 0.3 is 5.97 Å². The Bertz CT molecular complexity index is 471. The number of aromatic nitrogens is 4. The molecule has 7 nitrogen and oxygen atoms in total. The van der Waals surface area contributed by atoms with Gasteiger partial charge in [0.15, 0.2) is 0 Å². The SMILES string of the molecule is CCOC(=O)C(C)(N)CCSc1nnnn1C1CCCC1. The molecule has 1 aliphatic carbocycles. The minimum Gasteiger partial charge on any atom is -0.465 e. The first kappa shape index (κ1) is 16.2. The van der Waals surface area contributed by atoms with Crippen molar-refractivity contribution in [2.45, 2.75) is 62.7 Å². The molecule has 1 aromatic heterocycles. The third-order valence-corrected chi connectivity index (χ3v) is 4.66. The van der Waals surface area contributed by atoms with Gasteiger partial charge < -0.3 is 10.5 Å². The van der Waals surface area contributed by atoms with E-state index in [1.165, 1.54) is 12.8 Å². The molecule has 0 aliphatic heterocycles. The molecule has 118 valence electrons. The van der Waals surface area contributed by atoms with Crippen LogP contribution in [0.2, 0.25) is 0 Å². The fourth-order valence-electron chi connectivity index (χ4n) is 2.41. The summed E-state index contributed by atoms with van der Waals surface area (Å²) in [6.45, 7) is 3.82. The van der Waals surface area contributed by atoms with Crippen molar-refractivity contribution in [3.63, 3.8) is 0 Å². The number of nitrogens with zero attached hydrogens (tertiary/aromatic N) is 4. The molecule has 1 aliphatic rings. The van der Waals surface area contributed by atoms with Gasteiger partial charge in [0.25, 0.3) is 0 Å². The Morgan fingerprint density at radius 2 is 2.24 bits per heavy atom. The lowest BCUT2D eigenvalue weighted by Gasteiger charge is -2.21. The van der Waals surface area contributed by atoms with E-state index in [2.05, 4.69) is 15.5 Å². The molecule has 1 unspecified atom stereocenters. The van der Waals surface area contributed by atoms with Gasteiger partial charge in [-0.25, -0.2) is 4.68 Å². The lowest BCUT2D eigenvalue weighted by atomic mass is 10.0. The van der Waals surface area contributed by atoms with Gasteiger partial charge in [-0.3, -0.25) is 4.79 Å². The van der Waals surface area contributed by atoms with Gasteiger partial charge in [-0.15, -0.1) is 5.10 Å². The molecule has 1 atom stereocenters. The highest BCUT2D eigenvalue weighted by Gasteiger charge is 2.30. The van der Waals surface area contributed by atoms with Crippen molar-refractivity contribution in [3.8, 4) is 0 Å². The lowest BCUT2D eigenvalue weighted by molar-refractivity contribution is -0.149. The molecule has 2 N–H and O–H groups in total. The molecule has 0 saturated heterocycles. The average Bonchev–Trinajstić information content (AvgIpc) is 3.08. The largest absolute Gasteiger partial charge is 0.465 e. The van der Waals surface area contributed by atoms with E-state index in [0.717, 1.165) is 18.0 Å². The van der Waals surface area contributed by atoms with Crippen LogP contribution in [-0.4, -0.2) is 44.1 Å². The predicted octanol–water partition coefficient (Wildman–Crippen LogP) is 1.55. The summed E-state index contributed by atoms with van der Waals surface area (Å²) in [5.41, 5.74) is 5.04. The van der Waals surface area contributed by atoms with Gasteiger partial charge in [0.1, 0.15) is 5.54 Å². The number of ether oxygens (including phenoxy) is 1. The topological polar surface area (TPSA) is 95.9 Å². The van der Waals surface area contributed by atoms with E-state index in [9.17, 15) is 4.79 Å². The van der Waals surface area contributed by atoms with Crippen molar-refractivity contribution in [3.05, 3.63) is 0 Å². The van der Waals surface area contributed by atoms with Gasteiger partial charge in [-0.2, -0.15) is 0 Å². The summed E-state index contributed by atoms with van der Waals surface area (Å²) >= 11 is 1.54. The minimum absolute atomic E-state index is 0.346. The van der Waals surface area contributed by atoms with E-state index in [4.69, 9.17) is 10.5 Å². The normalized spacial score (nSPS) is 18.6. The van der Waals surface area contributed by atoms with Crippen molar-refractivity contribution in [1.82, 2.24) is 20.2 Å². The van der Waals surface area contributed by atoms with Crippen LogP contribution in [0.15, 0.2) is 5.16 Å². The third kappa shape index (κ3) is 4.16. The van der Waals surface area contributed by atoms with Gasteiger partial charge in [0, 0.05) is 5.75 Å². The van der Waals surface area contributed by atoms with E-state index in [1.54, 1.807) is 25.6 Å². The second-order valence-corrected chi connectivity index (χ2v) is 6.64. The van der Waals surface area contributed by atoms with Crippen LogP contribution in [0.25, 0.3) is 0 Å². The molecule has 0 amide bonds. The molecule has 0 spiro atoms. The van der Waals surface area contributed by atoms with Crippen LogP contribution < -0.4 is 5.73 Å². The predicted molar refractivity (Wildman–Crippen MR) is 79.9 cm³/mol. The van der Waals surface area contributed by atoms with E-state index >= 15 is 0 Å². The van der Waals surface area contributed by atoms with Crippen molar-refractivity contribution in [2.75, 3.05) is 12.4 Å². The number of carbonyl (C=O) groups is 1. The summed E-state index contributed by atoms with van der Waals surface area (Å²) in [5.74, 6) is 0.319. The van der Waals surface area contributed by atoms with Crippen molar-refractivity contribution >= 4 is 17.7 Å². The highest BCUT2D eigenvalue weighted by molar-refractivity contribution is 7.99. The number of hydrogen-bond acceptors (Lipinski definition) is 7. The summed E-state index contributed by atoms with van der Waals surface area (Å²) in [6.07, 6.45) is 5.26. The summed E-state index contributed by atoms with van der Waals surface area (Å²) in [5, 5.41) is 12.7. The van der Waals surface area contributed by atoms with Crippen molar-refractivity contribution in [2.24, 2.45) is 5.73 Å². The molecule has 2 rings (SSSR count). The number of hydrogen-bond donors (Lipinski definition) is 1. The first-order valence-corrected chi connectivity index (χ1v) is 8.40. The van der Waals surface area contributed by atoms with E-state index in [0.29, 0.717) is 24.8 Å². The molecule has 1 aromatic rings. The van der Waals surface area contributed by atoms with Crippen LogP contribution >= 0.6 is 11.8 Å². The van der Waals surface area contributed by atoms with Crippen LogP contribution in [0.4, 0.5) is 0 Å². The number of nitrogens with two attached hydrogens (primary N) is 1. The summed E-state index contributed by atoms with van der Waals surface area (Å²) < 4.78 is 6.89. The fraction of sp³-hybridized carbons (Fsp3) is 0.846. The standard InChI is InChI=1S/C13H23N5O2S/c1-3-20-11(19)13(2,14)8-9-21-12-15-16-17-18(12)10-6-4-5-7-10/h10H,3-9,14H2,1-2H3. The molecular formula is C13H23N5O2S. The Morgan fingerprint density at radius 1 is 1.52 bits per heavy atom. The maximum atomic E-state index is 11.7. The van der Waals surface area contributed by atoms with E-state index in [1.807, 2.05) is 4.68 Å². The number of tetrazole rings is 1. The average molecular weight is 313 g/mol. The maximum Gasteiger partial charge on any atom is 0.325 e. The highest BCUT2D eigenvalue weighted by atomic mass is 32.2. The van der Waals surface area contributed by atoms with Crippen molar-refractivity contribution < 1.29 is 9.53 Å². The van der Waals surface area contributed by atoms with Gasteiger partial charge in [-0.05, 0) is 43.5 Å². The maximum absolute atomic E-state index is 11.7. The van der Waals surface area contributed by atoms with Crippen LogP contribution in [0.3, 0.4) is 0 Å². The Balaban J connectivity index is 1.86. The quantitative estimate of drug-likeness (QED) is 0.602.